The van der Waals surface area contributed by atoms with Gasteiger partial charge in [0.2, 0.25) is 5.15 Å². The molecule has 0 fully saturated rings. The van der Waals surface area contributed by atoms with Gasteiger partial charge in [-0.15, -0.1) is 0 Å². The molecule has 6 nitrogen and oxygen atoms in total. The van der Waals surface area contributed by atoms with E-state index < -0.39 is 11.0 Å². The van der Waals surface area contributed by atoms with Crippen LogP contribution in [0.3, 0.4) is 0 Å². The summed E-state index contributed by atoms with van der Waals surface area (Å²) in [5, 5.41) is 19.8. The van der Waals surface area contributed by atoms with E-state index >= 15 is 0 Å². The molecule has 0 aliphatic carbocycles. The van der Waals surface area contributed by atoms with Crippen LogP contribution in [0.25, 0.3) is 0 Å². The van der Waals surface area contributed by atoms with Gasteiger partial charge in [-0.05, 0) is 6.92 Å². The highest BCUT2D eigenvalue weighted by molar-refractivity contribution is 8.00. The average molecular weight is 264 g/mol. The highest BCUT2D eigenvalue weighted by Gasteiger charge is 2.24. The summed E-state index contributed by atoms with van der Waals surface area (Å²) in [6.45, 7) is 3.35. The number of rotatable bonds is 4. The molecule has 0 amide bonds. The molecule has 0 aliphatic heterocycles. The number of nitrogens with zero attached hydrogens (tertiary/aromatic N) is 3. The van der Waals surface area contributed by atoms with Crippen LogP contribution in [0.4, 0.5) is 5.69 Å². The van der Waals surface area contributed by atoms with E-state index in [1.807, 2.05) is 0 Å². The lowest BCUT2D eigenvalue weighted by atomic mass is 10.3. The van der Waals surface area contributed by atoms with E-state index in [0.29, 0.717) is 0 Å². The molecule has 0 aromatic carbocycles. The van der Waals surface area contributed by atoms with Crippen LogP contribution in [-0.4, -0.2) is 31.4 Å². The van der Waals surface area contributed by atoms with Crippen LogP contribution < -0.4 is 0 Å². The number of hydrogen-bond acceptors (Lipinski definition) is 6. The lowest BCUT2D eigenvalue weighted by molar-refractivity contribution is -0.388. The maximum atomic E-state index is 10.8. The number of halogens is 1. The maximum absolute atomic E-state index is 10.8. The maximum Gasteiger partial charge on any atom is 0.338 e. The Labute approximate surface area is 101 Å². The first-order chi connectivity index (χ1) is 7.43. The van der Waals surface area contributed by atoms with Gasteiger partial charge in [0.1, 0.15) is 6.33 Å². The summed E-state index contributed by atoms with van der Waals surface area (Å²) in [6.07, 6.45) is 0.560. The fourth-order valence-electron chi connectivity index (χ4n) is 0.857. The van der Waals surface area contributed by atoms with Gasteiger partial charge in [-0.25, -0.2) is 9.97 Å². The van der Waals surface area contributed by atoms with Crippen LogP contribution in [0, 0.1) is 10.1 Å². The van der Waals surface area contributed by atoms with Gasteiger partial charge in [-0.3, -0.25) is 10.1 Å². The molecule has 0 spiro atoms. The second-order valence-corrected chi connectivity index (χ2v) is 4.86. The zero-order chi connectivity index (χ0) is 12.3. The second kappa shape index (κ2) is 5.42. The Kier molecular flexibility index (Phi) is 4.45. The normalized spacial score (nSPS) is 14.5. The molecule has 1 aromatic rings. The van der Waals surface area contributed by atoms with Crippen LogP contribution in [0.15, 0.2) is 11.4 Å². The average Bonchev–Trinajstić information content (AvgIpc) is 2.16. The molecule has 0 radical (unpaired) electrons. The minimum Gasteiger partial charge on any atom is -0.392 e. The Morgan fingerprint density at radius 1 is 1.56 bits per heavy atom. The smallest absolute Gasteiger partial charge is 0.338 e. The van der Waals surface area contributed by atoms with Crippen molar-refractivity contribution >= 4 is 29.1 Å². The molecule has 1 N–H and O–H groups in total. The monoisotopic (exact) mass is 263 g/mol. The highest BCUT2D eigenvalue weighted by atomic mass is 35.5. The van der Waals surface area contributed by atoms with Gasteiger partial charge in [0.25, 0.3) is 0 Å². The zero-order valence-corrected chi connectivity index (χ0v) is 10.2. The van der Waals surface area contributed by atoms with Gasteiger partial charge in [-0.2, -0.15) is 0 Å². The number of thioether (sulfide) groups is 1. The van der Waals surface area contributed by atoms with Crippen LogP contribution in [0.5, 0.6) is 0 Å². The predicted octanol–water partition coefficient (Wildman–Crippen LogP) is 1.90. The quantitative estimate of drug-likeness (QED) is 0.386. The summed E-state index contributed by atoms with van der Waals surface area (Å²) in [7, 11) is 0. The molecule has 1 rings (SSSR count). The van der Waals surface area contributed by atoms with Gasteiger partial charge in [0, 0.05) is 5.25 Å². The third kappa shape index (κ3) is 3.03. The topological polar surface area (TPSA) is 89.2 Å². The van der Waals surface area contributed by atoms with Crippen molar-refractivity contribution in [2.45, 2.75) is 30.2 Å². The van der Waals surface area contributed by atoms with Crippen LogP contribution >= 0.6 is 23.4 Å². The molecule has 0 bridgehead atoms. The summed E-state index contributed by atoms with van der Waals surface area (Å²) in [5.74, 6) is 0. The van der Waals surface area contributed by atoms with Crippen molar-refractivity contribution < 1.29 is 10.0 Å². The van der Waals surface area contributed by atoms with Crippen LogP contribution in [-0.2, 0) is 0 Å². The molecular formula is C8H10ClN3O3S. The minimum atomic E-state index is -0.626. The van der Waals surface area contributed by atoms with Crippen molar-refractivity contribution in [2.24, 2.45) is 0 Å². The Morgan fingerprint density at radius 3 is 2.69 bits per heavy atom. The number of aliphatic hydroxyl groups excluding tert-OH is 1. The van der Waals surface area contributed by atoms with Crippen molar-refractivity contribution in [3.8, 4) is 0 Å². The summed E-state index contributed by atoms with van der Waals surface area (Å²) < 4.78 is 0. The summed E-state index contributed by atoms with van der Waals surface area (Å²) in [4.78, 5) is 17.5. The Balaban J connectivity index is 3.04. The molecule has 8 heteroatoms. The van der Waals surface area contributed by atoms with Crippen molar-refractivity contribution in [2.75, 3.05) is 0 Å². The Hall–Kier alpha value is -0.920. The molecular weight excluding hydrogens is 254 g/mol. The van der Waals surface area contributed by atoms with Gasteiger partial charge in [0.05, 0.1) is 11.0 Å². The van der Waals surface area contributed by atoms with E-state index in [4.69, 9.17) is 11.6 Å². The summed E-state index contributed by atoms with van der Waals surface area (Å²) >= 11 is 6.71. The van der Waals surface area contributed by atoms with Crippen molar-refractivity contribution in [3.63, 3.8) is 0 Å². The lowest BCUT2D eigenvalue weighted by Crippen LogP contribution is -2.15. The minimum absolute atomic E-state index is 0.165. The molecule has 0 aliphatic rings. The molecule has 16 heavy (non-hydrogen) atoms. The third-order valence-electron chi connectivity index (χ3n) is 1.90. The number of hydrogen-bond donors (Lipinski definition) is 1. The Morgan fingerprint density at radius 2 is 2.19 bits per heavy atom. The van der Waals surface area contributed by atoms with Crippen molar-refractivity contribution in [1.29, 1.82) is 0 Å². The first-order valence-corrected chi connectivity index (χ1v) is 5.69. The van der Waals surface area contributed by atoms with E-state index in [-0.39, 0.29) is 21.1 Å². The molecule has 0 saturated carbocycles. The van der Waals surface area contributed by atoms with Crippen LogP contribution in [0.1, 0.15) is 13.8 Å². The molecule has 2 atom stereocenters. The van der Waals surface area contributed by atoms with Gasteiger partial charge in [-0.1, -0.05) is 30.3 Å². The van der Waals surface area contributed by atoms with Crippen molar-refractivity contribution in [1.82, 2.24) is 9.97 Å². The predicted molar refractivity (Wildman–Crippen MR) is 60.7 cm³/mol. The van der Waals surface area contributed by atoms with Crippen LogP contribution in [0.2, 0.25) is 5.15 Å². The molecule has 1 aromatic heterocycles. The second-order valence-electron chi connectivity index (χ2n) is 3.14. The van der Waals surface area contributed by atoms with Crippen molar-refractivity contribution in [3.05, 3.63) is 21.6 Å². The SMILES string of the molecule is CC(O)C(C)Sc1ncnc(Cl)c1[N+](=O)[O-]. The van der Waals surface area contributed by atoms with Gasteiger partial charge in [0.15, 0.2) is 5.03 Å². The van der Waals surface area contributed by atoms with E-state index in [2.05, 4.69) is 9.97 Å². The summed E-state index contributed by atoms with van der Waals surface area (Å²) in [5.41, 5.74) is -0.318. The fourth-order valence-corrected chi connectivity index (χ4v) is 2.05. The number of nitro groups is 1. The van der Waals surface area contributed by atoms with Gasteiger partial charge < -0.3 is 5.11 Å². The highest BCUT2D eigenvalue weighted by Crippen LogP contribution is 2.34. The summed E-state index contributed by atoms with van der Waals surface area (Å²) in [6, 6.07) is 0. The molecule has 2 unspecified atom stereocenters. The first kappa shape index (κ1) is 13.1. The largest absolute Gasteiger partial charge is 0.392 e. The number of aromatic nitrogens is 2. The van der Waals surface area contributed by atoms with E-state index in [1.165, 1.54) is 0 Å². The standard InChI is InChI=1S/C8H10ClN3O3S/c1-4(13)5(2)16-8-6(12(14)15)7(9)10-3-11-8/h3-5,13H,1-2H3. The van der Waals surface area contributed by atoms with Gasteiger partial charge >= 0.3 is 5.69 Å². The molecule has 88 valence electrons. The van der Waals surface area contributed by atoms with E-state index in [9.17, 15) is 15.2 Å². The Bertz CT molecular complexity index is 402. The number of aliphatic hydroxyl groups is 1. The first-order valence-electron chi connectivity index (χ1n) is 4.43. The van der Waals surface area contributed by atoms with E-state index in [1.54, 1.807) is 13.8 Å². The molecule has 1 heterocycles. The fraction of sp³-hybridized carbons (Fsp3) is 0.500. The van der Waals surface area contributed by atoms with E-state index in [0.717, 1.165) is 18.1 Å². The third-order valence-corrected chi connectivity index (χ3v) is 3.47. The molecule has 0 saturated heterocycles. The zero-order valence-electron chi connectivity index (χ0n) is 8.62. The lowest BCUT2D eigenvalue weighted by Gasteiger charge is -2.12.